The van der Waals surface area contributed by atoms with E-state index in [-0.39, 0.29) is 23.5 Å². The van der Waals surface area contributed by atoms with Crippen molar-refractivity contribution in [1.82, 2.24) is 9.88 Å². The predicted molar refractivity (Wildman–Crippen MR) is 144 cm³/mol. The number of benzene rings is 2. The van der Waals surface area contributed by atoms with Crippen LogP contribution in [0.1, 0.15) is 59.2 Å². The average Bonchev–Trinajstić information content (AvgIpc) is 3.62. The summed E-state index contributed by atoms with van der Waals surface area (Å²) in [6.45, 7) is 3.38. The van der Waals surface area contributed by atoms with Crippen LogP contribution in [0.15, 0.2) is 52.9 Å². The van der Waals surface area contributed by atoms with Gasteiger partial charge in [-0.1, -0.05) is 31.2 Å². The predicted octanol–water partition coefficient (Wildman–Crippen LogP) is 5.54. The van der Waals surface area contributed by atoms with Gasteiger partial charge in [-0.15, -0.1) is 0 Å². The van der Waals surface area contributed by atoms with Crippen molar-refractivity contribution >= 4 is 29.5 Å². The summed E-state index contributed by atoms with van der Waals surface area (Å²) in [6, 6.07) is 12.1. The Morgan fingerprint density at radius 2 is 1.61 bits per heavy atom. The van der Waals surface area contributed by atoms with Gasteiger partial charge in [-0.2, -0.15) is 18.2 Å². The van der Waals surface area contributed by atoms with E-state index in [1.54, 1.807) is 53.4 Å². The molecule has 0 radical (unpaired) electrons. The molecule has 2 aliphatic rings. The minimum atomic E-state index is -4.86. The Kier molecular flexibility index (Phi) is 7.74. The van der Waals surface area contributed by atoms with Crippen LogP contribution in [0.3, 0.4) is 0 Å². The van der Waals surface area contributed by atoms with Crippen LogP contribution < -0.4 is 10.2 Å². The maximum absolute atomic E-state index is 13.7. The Morgan fingerprint density at radius 3 is 2.22 bits per heavy atom. The monoisotopic (exact) mass is 570 g/mol. The second-order valence-corrected chi connectivity index (χ2v) is 10.5. The van der Waals surface area contributed by atoms with E-state index >= 15 is 0 Å². The SMILES string of the molecule is CC1CCCN(c2nc(C(F)(F)F)c(C(=O)Nc3ccc(-c4ccc(C(=O)N5CCC[C@H]5C(=O)O)cc4)cc3)o2)C1. The van der Waals surface area contributed by atoms with E-state index in [2.05, 4.69) is 10.3 Å². The van der Waals surface area contributed by atoms with Crippen LogP contribution in [-0.2, 0) is 11.0 Å². The fourth-order valence-electron chi connectivity index (χ4n) is 5.32. The number of hydrogen-bond donors (Lipinski definition) is 2. The lowest BCUT2D eigenvalue weighted by atomic mass is 10.0. The van der Waals surface area contributed by atoms with Crippen LogP contribution in [0.25, 0.3) is 11.1 Å². The van der Waals surface area contributed by atoms with E-state index in [0.717, 1.165) is 24.0 Å². The first-order valence-electron chi connectivity index (χ1n) is 13.4. The molecule has 0 bridgehead atoms. The number of aromatic nitrogens is 1. The number of rotatable bonds is 6. The summed E-state index contributed by atoms with van der Waals surface area (Å²) in [7, 11) is 0. The third kappa shape index (κ3) is 6.06. The van der Waals surface area contributed by atoms with E-state index in [4.69, 9.17) is 4.42 Å². The Labute approximate surface area is 234 Å². The largest absolute Gasteiger partial charge is 0.480 e. The molecule has 2 aliphatic heterocycles. The summed E-state index contributed by atoms with van der Waals surface area (Å²) < 4.78 is 46.4. The highest BCUT2D eigenvalue weighted by Crippen LogP contribution is 2.35. The fraction of sp³-hybridized carbons (Fsp3) is 0.379. The Balaban J connectivity index is 1.28. The van der Waals surface area contributed by atoms with Crippen molar-refractivity contribution in [3.8, 4) is 11.1 Å². The average molecular weight is 571 g/mol. The molecule has 0 saturated carbocycles. The van der Waals surface area contributed by atoms with Gasteiger partial charge in [0.05, 0.1) is 0 Å². The maximum atomic E-state index is 13.7. The first-order valence-corrected chi connectivity index (χ1v) is 13.4. The highest BCUT2D eigenvalue weighted by atomic mass is 19.4. The van der Waals surface area contributed by atoms with Gasteiger partial charge in [0, 0.05) is 30.9 Å². The standard InChI is InChI=1S/C29H29F3N4O5/c1-17-4-2-14-35(16-17)28-34-24(29(30,31)32)23(41-28)25(37)33-21-12-10-19(11-13-21)18-6-8-20(9-7-18)26(38)36-15-3-5-22(36)27(39)40/h6-13,17,22H,2-5,14-16H2,1H3,(H,33,37)(H,39,40)/t17?,22-/m0/s1. The molecule has 216 valence electrons. The first-order chi connectivity index (χ1) is 19.5. The number of carboxylic acid groups (broad SMARTS) is 1. The second-order valence-electron chi connectivity index (χ2n) is 10.5. The molecule has 2 fully saturated rings. The summed E-state index contributed by atoms with van der Waals surface area (Å²) in [5.41, 5.74) is 0.765. The smallest absolute Gasteiger partial charge is 0.437 e. The van der Waals surface area contributed by atoms with Gasteiger partial charge in [0.2, 0.25) is 5.76 Å². The number of piperidine rings is 1. The third-order valence-corrected chi connectivity index (χ3v) is 7.42. The minimum Gasteiger partial charge on any atom is -0.480 e. The molecule has 0 spiro atoms. The molecule has 2 aromatic carbocycles. The molecule has 2 atom stereocenters. The number of aliphatic carboxylic acids is 1. The van der Waals surface area contributed by atoms with Gasteiger partial charge < -0.3 is 24.6 Å². The van der Waals surface area contributed by atoms with E-state index in [1.165, 1.54) is 4.90 Å². The van der Waals surface area contributed by atoms with Crippen molar-refractivity contribution < 1.29 is 37.1 Å². The van der Waals surface area contributed by atoms with Gasteiger partial charge in [-0.05, 0) is 67.0 Å². The minimum absolute atomic E-state index is 0.213. The number of amides is 2. The zero-order valence-corrected chi connectivity index (χ0v) is 22.3. The molecule has 5 rings (SSSR count). The van der Waals surface area contributed by atoms with Gasteiger partial charge in [-0.3, -0.25) is 9.59 Å². The van der Waals surface area contributed by atoms with Crippen LogP contribution in [0.2, 0.25) is 0 Å². The maximum Gasteiger partial charge on any atom is 0.437 e. The van der Waals surface area contributed by atoms with Crippen LogP contribution in [0.5, 0.6) is 0 Å². The molecular weight excluding hydrogens is 541 g/mol. The number of carbonyl (C=O) groups is 3. The quantitative estimate of drug-likeness (QED) is 0.400. The summed E-state index contributed by atoms with van der Waals surface area (Å²) in [5.74, 6) is -3.04. The summed E-state index contributed by atoms with van der Waals surface area (Å²) in [5, 5.41) is 11.8. The van der Waals surface area contributed by atoms with Crippen molar-refractivity contribution in [3.63, 3.8) is 0 Å². The molecule has 2 N–H and O–H groups in total. The molecule has 12 heteroatoms. The number of carboxylic acids is 1. The lowest BCUT2D eigenvalue weighted by molar-refractivity contribution is -0.142. The second kappa shape index (κ2) is 11.3. The van der Waals surface area contributed by atoms with Crippen molar-refractivity contribution in [2.45, 2.75) is 44.8 Å². The number of oxazole rings is 1. The molecule has 0 aliphatic carbocycles. The first kappa shape index (κ1) is 28.2. The summed E-state index contributed by atoms with van der Waals surface area (Å²) in [4.78, 5) is 43.7. The number of nitrogens with one attached hydrogen (secondary N) is 1. The van der Waals surface area contributed by atoms with Gasteiger partial charge in [-0.25, -0.2) is 4.79 Å². The summed E-state index contributed by atoms with van der Waals surface area (Å²) in [6.07, 6.45) is -2.05. The van der Waals surface area contributed by atoms with E-state index in [9.17, 15) is 32.7 Å². The van der Waals surface area contributed by atoms with Crippen LogP contribution in [0.4, 0.5) is 24.9 Å². The molecule has 2 amide bonds. The lowest BCUT2D eigenvalue weighted by Crippen LogP contribution is -2.40. The molecule has 3 heterocycles. The topological polar surface area (TPSA) is 116 Å². The normalized spacial score (nSPS) is 19.3. The molecule has 1 aromatic heterocycles. The number of halogens is 3. The number of likely N-dealkylation sites (tertiary alicyclic amines) is 1. The van der Waals surface area contributed by atoms with E-state index < -0.39 is 35.5 Å². The van der Waals surface area contributed by atoms with E-state index in [1.807, 2.05) is 6.92 Å². The number of carbonyl (C=O) groups excluding carboxylic acids is 2. The third-order valence-electron chi connectivity index (χ3n) is 7.42. The van der Waals surface area contributed by atoms with Crippen molar-refractivity contribution in [1.29, 1.82) is 0 Å². The van der Waals surface area contributed by atoms with Crippen molar-refractivity contribution in [3.05, 3.63) is 65.5 Å². The van der Waals surface area contributed by atoms with Crippen LogP contribution in [-0.4, -0.2) is 58.5 Å². The lowest BCUT2D eigenvalue weighted by Gasteiger charge is -2.29. The summed E-state index contributed by atoms with van der Waals surface area (Å²) >= 11 is 0. The molecule has 1 unspecified atom stereocenters. The highest BCUT2D eigenvalue weighted by molar-refractivity contribution is 6.03. The van der Waals surface area contributed by atoms with E-state index in [0.29, 0.717) is 38.0 Å². The molecule has 2 saturated heterocycles. The van der Waals surface area contributed by atoms with Crippen LogP contribution in [0, 0.1) is 5.92 Å². The molecule has 9 nitrogen and oxygen atoms in total. The fourth-order valence-corrected chi connectivity index (χ4v) is 5.32. The van der Waals surface area contributed by atoms with Gasteiger partial charge >= 0.3 is 12.1 Å². The zero-order chi connectivity index (χ0) is 29.3. The Bertz CT molecular complexity index is 1440. The molecule has 41 heavy (non-hydrogen) atoms. The number of hydrogen-bond acceptors (Lipinski definition) is 6. The number of alkyl halides is 3. The zero-order valence-electron chi connectivity index (χ0n) is 22.3. The Hall–Kier alpha value is -4.35. The van der Waals surface area contributed by atoms with Gasteiger partial charge in [0.1, 0.15) is 6.04 Å². The molecule has 3 aromatic rings. The number of anilines is 2. The van der Waals surface area contributed by atoms with Crippen molar-refractivity contribution in [2.24, 2.45) is 5.92 Å². The van der Waals surface area contributed by atoms with Crippen molar-refractivity contribution in [2.75, 3.05) is 29.9 Å². The van der Waals surface area contributed by atoms with Crippen LogP contribution >= 0.6 is 0 Å². The molecular formula is C29H29F3N4O5. The van der Waals surface area contributed by atoms with Gasteiger partial charge in [0.15, 0.2) is 5.69 Å². The van der Waals surface area contributed by atoms with Gasteiger partial charge in [0.25, 0.3) is 17.8 Å². The number of nitrogens with zero attached hydrogens (tertiary/aromatic N) is 3. The Morgan fingerprint density at radius 1 is 0.976 bits per heavy atom. The highest BCUT2D eigenvalue weighted by Gasteiger charge is 2.42.